The van der Waals surface area contributed by atoms with Crippen molar-refractivity contribution >= 4 is 15.7 Å². The highest BCUT2D eigenvalue weighted by Gasteiger charge is 2.30. The van der Waals surface area contributed by atoms with Crippen LogP contribution in [0.4, 0.5) is 5.69 Å². The van der Waals surface area contributed by atoms with E-state index in [0.29, 0.717) is 11.4 Å². The van der Waals surface area contributed by atoms with Gasteiger partial charge >= 0.3 is 0 Å². The lowest BCUT2D eigenvalue weighted by Gasteiger charge is -2.33. The zero-order chi connectivity index (χ0) is 13.9. The number of para-hydroxylation sites is 2. The fourth-order valence-electron chi connectivity index (χ4n) is 1.99. The minimum absolute atomic E-state index is 0.0195. The third-order valence-electron chi connectivity index (χ3n) is 3.55. The summed E-state index contributed by atoms with van der Waals surface area (Å²) in [5, 5.41) is 0. The molecule has 1 aromatic rings. The molecule has 0 bridgehead atoms. The number of rotatable bonds is 6. The van der Waals surface area contributed by atoms with E-state index in [9.17, 15) is 8.42 Å². The minimum Gasteiger partial charge on any atom is -0.490 e. The Morgan fingerprint density at radius 1 is 1.37 bits per heavy atom. The van der Waals surface area contributed by atoms with E-state index in [-0.39, 0.29) is 18.4 Å². The molecule has 6 heteroatoms. The molecule has 0 aliphatic heterocycles. The van der Waals surface area contributed by atoms with Crippen LogP contribution in [0, 0.1) is 0 Å². The first-order valence-corrected chi connectivity index (χ1v) is 8.04. The van der Waals surface area contributed by atoms with E-state index >= 15 is 0 Å². The van der Waals surface area contributed by atoms with E-state index in [1.165, 1.54) is 4.31 Å². The van der Waals surface area contributed by atoms with Gasteiger partial charge in [-0.05, 0) is 25.0 Å². The van der Waals surface area contributed by atoms with Gasteiger partial charge < -0.3 is 10.5 Å². The normalized spacial score (nSPS) is 16.3. The zero-order valence-electron chi connectivity index (χ0n) is 11.1. The highest BCUT2D eigenvalue weighted by Crippen LogP contribution is 2.26. The Labute approximate surface area is 114 Å². The highest BCUT2D eigenvalue weighted by atomic mass is 32.2. The molecule has 0 atom stereocenters. The van der Waals surface area contributed by atoms with Gasteiger partial charge in [0, 0.05) is 13.1 Å². The van der Waals surface area contributed by atoms with Crippen molar-refractivity contribution in [2.45, 2.75) is 25.3 Å². The standard InChI is InChI=1S/C13H20N2O3S/c1-15(11-5-4-6-11)19(16,17)10-9-18-13-8-3-2-7-12(13)14/h2-3,7-8,11H,4-6,9-10,14H2,1H3. The van der Waals surface area contributed by atoms with Crippen molar-refractivity contribution in [3.8, 4) is 5.75 Å². The molecule has 2 rings (SSSR count). The maximum atomic E-state index is 12.1. The number of nitrogen functional groups attached to an aromatic ring is 1. The van der Waals surface area contributed by atoms with Crippen molar-refractivity contribution in [3.63, 3.8) is 0 Å². The number of anilines is 1. The van der Waals surface area contributed by atoms with Crippen LogP contribution >= 0.6 is 0 Å². The van der Waals surface area contributed by atoms with Crippen molar-refractivity contribution in [2.75, 3.05) is 25.1 Å². The number of hydrogen-bond acceptors (Lipinski definition) is 4. The maximum Gasteiger partial charge on any atom is 0.217 e. The number of nitrogens with two attached hydrogens (primary N) is 1. The fourth-order valence-corrected chi connectivity index (χ4v) is 3.24. The molecule has 0 radical (unpaired) electrons. The molecule has 0 spiro atoms. The lowest BCUT2D eigenvalue weighted by Crippen LogP contribution is -2.43. The quantitative estimate of drug-likeness (QED) is 0.803. The maximum absolute atomic E-state index is 12.1. The average molecular weight is 284 g/mol. The van der Waals surface area contributed by atoms with E-state index < -0.39 is 10.0 Å². The third-order valence-corrected chi connectivity index (χ3v) is 5.40. The summed E-state index contributed by atoms with van der Waals surface area (Å²) in [5.41, 5.74) is 6.24. The molecule has 1 saturated carbocycles. The summed E-state index contributed by atoms with van der Waals surface area (Å²) in [7, 11) is -1.59. The van der Waals surface area contributed by atoms with Crippen LogP contribution in [0.3, 0.4) is 0 Å². The van der Waals surface area contributed by atoms with Gasteiger partial charge in [-0.25, -0.2) is 12.7 Å². The SMILES string of the molecule is CN(C1CCC1)S(=O)(=O)CCOc1ccccc1N. The van der Waals surface area contributed by atoms with E-state index in [0.717, 1.165) is 19.3 Å². The first kappa shape index (κ1) is 14.1. The number of ether oxygens (including phenoxy) is 1. The molecule has 0 unspecified atom stereocenters. The second kappa shape index (κ2) is 5.79. The van der Waals surface area contributed by atoms with Crippen LogP contribution in [-0.2, 0) is 10.0 Å². The van der Waals surface area contributed by atoms with Gasteiger partial charge in [0.15, 0.2) is 0 Å². The summed E-state index contributed by atoms with van der Waals surface area (Å²) >= 11 is 0. The van der Waals surface area contributed by atoms with Gasteiger partial charge in [-0.1, -0.05) is 18.6 Å². The lowest BCUT2D eigenvalue weighted by atomic mass is 9.94. The van der Waals surface area contributed by atoms with Gasteiger partial charge in [0.05, 0.1) is 11.4 Å². The van der Waals surface area contributed by atoms with Gasteiger partial charge in [-0.2, -0.15) is 0 Å². The van der Waals surface area contributed by atoms with E-state index in [2.05, 4.69) is 0 Å². The predicted octanol–water partition coefficient (Wildman–Crippen LogP) is 1.46. The second-order valence-electron chi connectivity index (χ2n) is 4.80. The molecule has 0 saturated heterocycles. The Morgan fingerprint density at radius 2 is 2.05 bits per heavy atom. The van der Waals surface area contributed by atoms with Gasteiger partial charge in [0.25, 0.3) is 0 Å². The Bertz CT molecular complexity index is 526. The first-order valence-electron chi connectivity index (χ1n) is 6.44. The van der Waals surface area contributed by atoms with Crippen LogP contribution in [0.15, 0.2) is 24.3 Å². The molecule has 2 N–H and O–H groups in total. The largest absolute Gasteiger partial charge is 0.490 e. The number of benzene rings is 1. The fraction of sp³-hybridized carbons (Fsp3) is 0.538. The van der Waals surface area contributed by atoms with Gasteiger partial charge in [0.1, 0.15) is 12.4 Å². The van der Waals surface area contributed by atoms with E-state index in [1.54, 1.807) is 25.2 Å². The molecule has 0 amide bonds. The van der Waals surface area contributed by atoms with Crippen LogP contribution < -0.4 is 10.5 Å². The average Bonchev–Trinajstić information content (AvgIpc) is 2.29. The van der Waals surface area contributed by atoms with E-state index in [4.69, 9.17) is 10.5 Å². The van der Waals surface area contributed by atoms with Crippen LogP contribution in [0.5, 0.6) is 5.75 Å². The molecule has 19 heavy (non-hydrogen) atoms. The molecule has 0 heterocycles. The number of sulfonamides is 1. The summed E-state index contributed by atoms with van der Waals surface area (Å²) in [6.07, 6.45) is 3.03. The molecule has 5 nitrogen and oxygen atoms in total. The number of nitrogens with zero attached hydrogens (tertiary/aromatic N) is 1. The molecular formula is C13H20N2O3S. The molecule has 1 aromatic carbocycles. The molecular weight excluding hydrogens is 264 g/mol. The summed E-state index contributed by atoms with van der Waals surface area (Å²) in [4.78, 5) is 0. The van der Waals surface area contributed by atoms with Crippen LogP contribution in [0.25, 0.3) is 0 Å². The summed E-state index contributed by atoms with van der Waals surface area (Å²) in [5.74, 6) is 0.512. The van der Waals surface area contributed by atoms with Crippen molar-refractivity contribution in [1.82, 2.24) is 4.31 Å². The van der Waals surface area contributed by atoms with Gasteiger partial charge in [-0.3, -0.25) is 0 Å². The smallest absolute Gasteiger partial charge is 0.217 e. The van der Waals surface area contributed by atoms with Crippen LogP contribution in [0.1, 0.15) is 19.3 Å². The van der Waals surface area contributed by atoms with Gasteiger partial charge in [0.2, 0.25) is 10.0 Å². The molecule has 1 aliphatic carbocycles. The molecule has 0 aromatic heterocycles. The highest BCUT2D eigenvalue weighted by molar-refractivity contribution is 7.89. The monoisotopic (exact) mass is 284 g/mol. The number of hydrogen-bond donors (Lipinski definition) is 1. The summed E-state index contributed by atoms with van der Waals surface area (Å²) in [6, 6.07) is 7.25. The molecule has 1 fully saturated rings. The predicted molar refractivity (Wildman–Crippen MR) is 75.5 cm³/mol. The van der Waals surface area contributed by atoms with Crippen molar-refractivity contribution in [1.29, 1.82) is 0 Å². The van der Waals surface area contributed by atoms with Crippen molar-refractivity contribution in [3.05, 3.63) is 24.3 Å². The summed E-state index contributed by atoms with van der Waals surface area (Å²) in [6.45, 7) is 0.119. The Kier molecular flexibility index (Phi) is 4.31. The Hall–Kier alpha value is -1.27. The Morgan fingerprint density at radius 3 is 2.63 bits per heavy atom. The topological polar surface area (TPSA) is 72.6 Å². The Balaban J connectivity index is 1.86. The zero-order valence-corrected chi connectivity index (χ0v) is 11.9. The molecule has 106 valence electrons. The first-order chi connectivity index (χ1) is 9.00. The van der Waals surface area contributed by atoms with Crippen LogP contribution in [-0.4, -0.2) is 38.2 Å². The van der Waals surface area contributed by atoms with Crippen molar-refractivity contribution < 1.29 is 13.2 Å². The third kappa shape index (κ3) is 3.39. The van der Waals surface area contributed by atoms with Crippen molar-refractivity contribution in [2.24, 2.45) is 0 Å². The van der Waals surface area contributed by atoms with Crippen LogP contribution in [0.2, 0.25) is 0 Å². The lowest BCUT2D eigenvalue weighted by molar-refractivity contribution is 0.247. The van der Waals surface area contributed by atoms with E-state index in [1.807, 2.05) is 6.07 Å². The van der Waals surface area contributed by atoms with Gasteiger partial charge in [-0.15, -0.1) is 0 Å². The summed E-state index contributed by atoms with van der Waals surface area (Å²) < 4.78 is 31.0. The molecule has 1 aliphatic rings. The minimum atomic E-state index is -3.24. The second-order valence-corrected chi connectivity index (χ2v) is 6.95.